The molecule has 0 aliphatic carbocycles. The molecule has 2 amide bonds. The molecule has 0 spiro atoms. The van der Waals surface area contributed by atoms with Crippen molar-refractivity contribution in [3.05, 3.63) is 71.0 Å². The number of fused-ring (bicyclic) bond motifs is 1. The predicted molar refractivity (Wildman–Crippen MR) is 124 cm³/mol. The van der Waals surface area contributed by atoms with Crippen molar-refractivity contribution in [3.63, 3.8) is 0 Å². The first kappa shape index (κ1) is 21.3. The molecule has 9 heteroatoms. The van der Waals surface area contributed by atoms with Crippen molar-refractivity contribution in [1.82, 2.24) is 14.8 Å². The van der Waals surface area contributed by atoms with Gasteiger partial charge in [-0.3, -0.25) is 9.59 Å². The molecule has 0 aliphatic rings. The number of ether oxygens (including phenoxy) is 1. The van der Waals surface area contributed by atoms with E-state index in [0.717, 1.165) is 5.69 Å². The van der Waals surface area contributed by atoms with Gasteiger partial charge in [0.15, 0.2) is 5.65 Å². The Morgan fingerprint density at radius 2 is 1.84 bits per heavy atom. The zero-order valence-electron chi connectivity index (χ0n) is 17.6. The highest BCUT2D eigenvalue weighted by Crippen LogP contribution is 2.32. The van der Waals surface area contributed by atoms with Crippen LogP contribution in [0.2, 0.25) is 5.02 Å². The fourth-order valence-corrected chi connectivity index (χ4v) is 3.75. The Bertz CT molecular complexity index is 1330. The number of methoxy groups -OCH3 is 1. The minimum atomic E-state index is -0.463. The van der Waals surface area contributed by atoms with E-state index in [1.54, 1.807) is 22.9 Å². The molecule has 4 rings (SSSR count). The lowest BCUT2D eigenvalue weighted by molar-refractivity contribution is -0.114. The second-order valence-corrected chi connectivity index (χ2v) is 7.45. The maximum atomic E-state index is 13.1. The highest BCUT2D eigenvalue weighted by atomic mass is 35.5. The average molecular weight is 450 g/mol. The number of nitrogens with one attached hydrogen (secondary N) is 2. The summed E-state index contributed by atoms with van der Waals surface area (Å²) in [5.41, 5.74) is 3.15. The fourth-order valence-electron chi connectivity index (χ4n) is 3.39. The van der Waals surface area contributed by atoms with Crippen LogP contribution in [0.15, 0.2) is 54.7 Å². The molecule has 0 atom stereocenters. The number of hydrogen-bond donors (Lipinski definition) is 2. The van der Waals surface area contributed by atoms with E-state index < -0.39 is 5.91 Å². The van der Waals surface area contributed by atoms with Crippen molar-refractivity contribution >= 4 is 45.8 Å². The van der Waals surface area contributed by atoms with Crippen molar-refractivity contribution in [3.8, 4) is 11.4 Å². The van der Waals surface area contributed by atoms with Gasteiger partial charge in [0.2, 0.25) is 5.91 Å². The Labute approximate surface area is 189 Å². The Hall–Kier alpha value is -3.91. The number of aromatic nitrogens is 3. The van der Waals surface area contributed by atoms with Gasteiger partial charge in [0.05, 0.1) is 40.2 Å². The van der Waals surface area contributed by atoms with Gasteiger partial charge in [-0.25, -0.2) is 9.67 Å². The maximum absolute atomic E-state index is 13.1. The highest BCUT2D eigenvalue weighted by molar-refractivity contribution is 6.39. The van der Waals surface area contributed by atoms with Crippen molar-refractivity contribution in [1.29, 1.82) is 0 Å². The minimum Gasteiger partial charge on any atom is -0.495 e. The number of hydrogen-bond acceptors (Lipinski definition) is 5. The normalized spacial score (nSPS) is 10.8. The SMILES string of the molecule is COc1ccc(NC(C)=O)cc1NC(=O)c1cnc2c(c(C)nn2-c2ccccc2)c1Cl. The van der Waals surface area contributed by atoms with Gasteiger partial charge in [-0.05, 0) is 37.3 Å². The van der Waals surface area contributed by atoms with E-state index in [9.17, 15) is 9.59 Å². The number of benzene rings is 2. The Kier molecular flexibility index (Phi) is 5.79. The first-order valence-corrected chi connectivity index (χ1v) is 10.1. The van der Waals surface area contributed by atoms with Gasteiger partial charge in [0.1, 0.15) is 5.75 Å². The molecule has 8 nitrogen and oxygen atoms in total. The predicted octanol–water partition coefficient (Wildman–Crippen LogP) is 4.60. The molecule has 2 aromatic heterocycles. The Morgan fingerprint density at radius 3 is 2.53 bits per heavy atom. The molecule has 0 saturated heterocycles. The van der Waals surface area contributed by atoms with Crippen molar-refractivity contribution < 1.29 is 14.3 Å². The molecule has 162 valence electrons. The number of anilines is 2. The molecule has 0 aliphatic heterocycles. The number of pyridine rings is 1. The quantitative estimate of drug-likeness (QED) is 0.464. The van der Waals surface area contributed by atoms with Gasteiger partial charge >= 0.3 is 0 Å². The van der Waals surface area contributed by atoms with Gasteiger partial charge in [-0.2, -0.15) is 5.10 Å². The Morgan fingerprint density at radius 1 is 1.09 bits per heavy atom. The summed E-state index contributed by atoms with van der Waals surface area (Å²) in [6.07, 6.45) is 1.42. The van der Waals surface area contributed by atoms with E-state index in [1.165, 1.54) is 20.2 Å². The van der Waals surface area contributed by atoms with Crippen LogP contribution in [-0.4, -0.2) is 33.7 Å². The van der Waals surface area contributed by atoms with E-state index in [1.807, 2.05) is 37.3 Å². The molecule has 2 aromatic carbocycles. The summed E-state index contributed by atoms with van der Waals surface area (Å²) in [6, 6.07) is 14.5. The third kappa shape index (κ3) is 4.00. The van der Waals surface area contributed by atoms with Crippen LogP contribution in [0.4, 0.5) is 11.4 Å². The maximum Gasteiger partial charge on any atom is 0.258 e. The molecule has 0 saturated carbocycles. The monoisotopic (exact) mass is 449 g/mol. The number of para-hydroxylation sites is 1. The topological polar surface area (TPSA) is 98.1 Å². The van der Waals surface area contributed by atoms with Crippen LogP contribution in [0, 0.1) is 6.92 Å². The summed E-state index contributed by atoms with van der Waals surface area (Å²) in [6.45, 7) is 3.22. The molecule has 0 radical (unpaired) electrons. The van der Waals surface area contributed by atoms with Crippen LogP contribution in [-0.2, 0) is 4.79 Å². The lowest BCUT2D eigenvalue weighted by atomic mass is 10.1. The molecular formula is C23H20ClN5O3. The van der Waals surface area contributed by atoms with Gasteiger partial charge < -0.3 is 15.4 Å². The van der Waals surface area contributed by atoms with Crippen LogP contribution in [0.5, 0.6) is 5.75 Å². The molecule has 2 heterocycles. The van der Waals surface area contributed by atoms with Gasteiger partial charge in [-0.15, -0.1) is 0 Å². The first-order valence-electron chi connectivity index (χ1n) is 9.75. The molecule has 0 fully saturated rings. The van der Waals surface area contributed by atoms with E-state index in [0.29, 0.717) is 33.9 Å². The molecule has 32 heavy (non-hydrogen) atoms. The highest BCUT2D eigenvalue weighted by Gasteiger charge is 2.21. The number of carbonyl (C=O) groups excluding carboxylic acids is 2. The van der Waals surface area contributed by atoms with Gasteiger partial charge in [-0.1, -0.05) is 29.8 Å². The number of amides is 2. The van der Waals surface area contributed by atoms with Crippen LogP contribution >= 0.6 is 11.6 Å². The summed E-state index contributed by atoms with van der Waals surface area (Å²) in [5.74, 6) is -0.253. The van der Waals surface area contributed by atoms with Crippen LogP contribution < -0.4 is 15.4 Å². The third-order valence-corrected chi connectivity index (χ3v) is 5.21. The molecule has 2 N–H and O–H groups in total. The van der Waals surface area contributed by atoms with E-state index in [2.05, 4.69) is 20.7 Å². The Balaban J connectivity index is 1.72. The van der Waals surface area contributed by atoms with Gasteiger partial charge in [0.25, 0.3) is 5.91 Å². The van der Waals surface area contributed by atoms with Gasteiger partial charge in [0, 0.05) is 18.8 Å². The van der Waals surface area contributed by atoms with Crippen molar-refractivity contribution in [2.24, 2.45) is 0 Å². The molecule has 0 unspecified atom stereocenters. The smallest absolute Gasteiger partial charge is 0.258 e. The summed E-state index contributed by atoms with van der Waals surface area (Å²) in [5, 5.41) is 10.9. The third-order valence-electron chi connectivity index (χ3n) is 4.82. The molecule has 4 aromatic rings. The second kappa shape index (κ2) is 8.68. The number of halogens is 1. The number of nitrogens with zero attached hydrogens (tertiary/aromatic N) is 3. The van der Waals surface area contributed by atoms with E-state index in [-0.39, 0.29) is 16.5 Å². The second-order valence-electron chi connectivity index (χ2n) is 7.07. The summed E-state index contributed by atoms with van der Waals surface area (Å²) >= 11 is 6.64. The number of aryl methyl sites for hydroxylation is 1. The summed E-state index contributed by atoms with van der Waals surface area (Å²) in [4.78, 5) is 28.9. The summed E-state index contributed by atoms with van der Waals surface area (Å²) in [7, 11) is 1.49. The van der Waals surface area contributed by atoms with Crippen LogP contribution in [0.1, 0.15) is 23.0 Å². The standard InChI is InChI=1S/C23H20ClN5O3/c1-13-20-21(24)17(12-25-22(20)29(28-13)16-7-5-4-6-8-16)23(31)27-18-11-15(26-14(2)30)9-10-19(18)32-3/h4-12H,1-3H3,(H,26,30)(H,27,31). The fraction of sp³-hybridized carbons (Fsp3) is 0.130. The summed E-state index contributed by atoms with van der Waals surface area (Å²) < 4.78 is 7.02. The largest absolute Gasteiger partial charge is 0.495 e. The molecule has 0 bridgehead atoms. The first-order chi connectivity index (χ1) is 15.4. The lowest BCUT2D eigenvalue weighted by Crippen LogP contribution is -2.14. The van der Waals surface area contributed by atoms with Crippen LogP contribution in [0.25, 0.3) is 16.7 Å². The van der Waals surface area contributed by atoms with Crippen LogP contribution in [0.3, 0.4) is 0 Å². The minimum absolute atomic E-state index is 0.196. The average Bonchev–Trinajstić information content (AvgIpc) is 3.11. The molecular weight excluding hydrogens is 430 g/mol. The lowest BCUT2D eigenvalue weighted by Gasteiger charge is -2.13. The van der Waals surface area contributed by atoms with E-state index >= 15 is 0 Å². The van der Waals surface area contributed by atoms with E-state index in [4.69, 9.17) is 16.3 Å². The number of rotatable bonds is 5. The zero-order chi connectivity index (χ0) is 22.8. The van der Waals surface area contributed by atoms with Crippen molar-refractivity contribution in [2.75, 3.05) is 17.7 Å². The van der Waals surface area contributed by atoms with Crippen molar-refractivity contribution in [2.45, 2.75) is 13.8 Å². The number of carbonyl (C=O) groups is 2. The zero-order valence-corrected chi connectivity index (χ0v) is 18.4.